The van der Waals surface area contributed by atoms with Crippen LogP contribution in [-0.2, 0) is 6.42 Å². The van der Waals surface area contributed by atoms with Gasteiger partial charge in [-0.05, 0) is 37.3 Å². The normalized spacial score (nSPS) is 16.2. The van der Waals surface area contributed by atoms with E-state index in [0.717, 1.165) is 24.3 Å². The van der Waals surface area contributed by atoms with E-state index in [0.29, 0.717) is 5.69 Å². The second-order valence-corrected chi connectivity index (χ2v) is 3.85. The van der Waals surface area contributed by atoms with Gasteiger partial charge in [0.2, 0.25) is 0 Å². The fourth-order valence-electron chi connectivity index (χ4n) is 1.56. The SMILES string of the molecule is Cc1nccc(CCC2CC2)c1F. The van der Waals surface area contributed by atoms with Gasteiger partial charge in [0.15, 0.2) is 0 Å². The summed E-state index contributed by atoms with van der Waals surface area (Å²) in [6.07, 6.45) is 6.39. The number of aromatic nitrogens is 1. The highest BCUT2D eigenvalue weighted by Gasteiger charge is 2.21. The third kappa shape index (κ3) is 2.06. The number of halogens is 1. The topological polar surface area (TPSA) is 12.9 Å². The summed E-state index contributed by atoms with van der Waals surface area (Å²) in [5.74, 6) is 0.760. The zero-order valence-corrected chi connectivity index (χ0v) is 7.89. The lowest BCUT2D eigenvalue weighted by Gasteiger charge is -2.03. The predicted octanol–water partition coefficient (Wildman–Crippen LogP) is 2.87. The Kier molecular flexibility index (Phi) is 2.30. The maximum Gasteiger partial charge on any atom is 0.147 e. The third-order valence-electron chi connectivity index (χ3n) is 2.66. The summed E-state index contributed by atoms with van der Waals surface area (Å²) in [5.41, 5.74) is 1.35. The van der Waals surface area contributed by atoms with Gasteiger partial charge in [0.1, 0.15) is 5.82 Å². The molecule has 2 heteroatoms. The summed E-state index contributed by atoms with van der Waals surface area (Å²) in [6.45, 7) is 1.72. The van der Waals surface area contributed by atoms with Crippen LogP contribution < -0.4 is 0 Å². The molecule has 0 bridgehead atoms. The molecule has 1 aromatic heterocycles. The maximum atomic E-state index is 13.4. The van der Waals surface area contributed by atoms with Crippen molar-refractivity contribution in [3.8, 4) is 0 Å². The summed E-state index contributed by atoms with van der Waals surface area (Å²) in [5, 5.41) is 0. The second-order valence-electron chi connectivity index (χ2n) is 3.85. The maximum absolute atomic E-state index is 13.4. The second kappa shape index (κ2) is 3.44. The molecule has 0 atom stereocenters. The Morgan fingerprint density at radius 2 is 2.31 bits per heavy atom. The van der Waals surface area contributed by atoms with Crippen LogP contribution >= 0.6 is 0 Å². The molecule has 0 unspecified atom stereocenters. The van der Waals surface area contributed by atoms with Crippen LogP contribution in [0.3, 0.4) is 0 Å². The average Bonchev–Trinajstić information content (AvgIpc) is 2.91. The van der Waals surface area contributed by atoms with Crippen LogP contribution in [0.1, 0.15) is 30.5 Å². The lowest BCUT2D eigenvalue weighted by Crippen LogP contribution is -1.96. The molecule has 0 aromatic carbocycles. The Bertz CT molecular complexity index is 305. The molecule has 1 aliphatic carbocycles. The van der Waals surface area contributed by atoms with Crippen LogP contribution in [0, 0.1) is 18.7 Å². The highest BCUT2D eigenvalue weighted by molar-refractivity contribution is 5.18. The van der Waals surface area contributed by atoms with Crippen molar-refractivity contribution in [3.63, 3.8) is 0 Å². The van der Waals surface area contributed by atoms with E-state index >= 15 is 0 Å². The van der Waals surface area contributed by atoms with Crippen molar-refractivity contribution >= 4 is 0 Å². The molecular weight excluding hydrogens is 165 g/mol. The van der Waals surface area contributed by atoms with Gasteiger partial charge in [0.05, 0.1) is 5.69 Å². The van der Waals surface area contributed by atoms with Gasteiger partial charge in [-0.15, -0.1) is 0 Å². The van der Waals surface area contributed by atoms with Gasteiger partial charge in [0, 0.05) is 6.20 Å². The van der Waals surface area contributed by atoms with Gasteiger partial charge >= 0.3 is 0 Å². The molecule has 1 heterocycles. The molecular formula is C11H14FN. The number of rotatable bonds is 3. The number of hydrogen-bond donors (Lipinski definition) is 0. The smallest absolute Gasteiger partial charge is 0.147 e. The van der Waals surface area contributed by atoms with Crippen molar-refractivity contribution < 1.29 is 4.39 Å². The first-order chi connectivity index (χ1) is 6.27. The van der Waals surface area contributed by atoms with Crippen LogP contribution in [0.5, 0.6) is 0 Å². The average molecular weight is 179 g/mol. The van der Waals surface area contributed by atoms with Crippen LogP contribution in [0.25, 0.3) is 0 Å². The number of hydrogen-bond acceptors (Lipinski definition) is 1. The Labute approximate surface area is 78.0 Å². The van der Waals surface area contributed by atoms with E-state index < -0.39 is 0 Å². The highest BCUT2D eigenvalue weighted by Crippen LogP contribution is 2.33. The monoisotopic (exact) mass is 179 g/mol. The van der Waals surface area contributed by atoms with Crippen molar-refractivity contribution in [2.75, 3.05) is 0 Å². The van der Waals surface area contributed by atoms with Gasteiger partial charge in [0.25, 0.3) is 0 Å². The van der Waals surface area contributed by atoms with Crippen LogP contribution in [0.4, 0.5) is 4.39 Å². The van der Waals surface area contributed by atoms with Gasteiger partial charge in [-0.3, -0.25) is 4.98 Å². The first kappa shape index (κ1) is 8.67. The minimum Gasteiger partial charge on any atom is -0.259 e. The van der Waals surface area contributed by atoms with Crippen molar-refractivity contribution in [2.24, 2.45) is 5.92 Å². The highest BCUT2D eigenvalue weighted by atomic mass is 19.1. The molecule has 0 spiro atoms. The molecule has 0 aliphatic heterocycles. The standard InChI is InChI=1S/C11H14FN/c1-8-11(12)10(6-7-13-8)5-4-9-2-3-9/h6-7,9H,2-5H2,1H3. The summed E-state index contributed by atoms with van der Waals surface area (Å²) < 4.78 is 13.4. The van der Waals surface area contributed by atoms with E-state index in [1.165, 1.54) is 12.8 Å². The van der Waals surface area contributed by atoms with Gasteiger partial charge in [-0.2, -0.15) is 0 Å². The zero-order valence-electron chi connectivity index (χ0n) is 7.89. The first-order valence-electron chi connectivity index (χ1n) is 4.87. The first-order valence-corrected chi connectivity index (χ1v) is 4.87. The molecule has 0 N–H and O–H groups in total. The lowest BCUT2D eigenvalue weighted by atomic mass is 10.1. The lowest BCUT2D eigenvalue weighted by molar-refractivity contribution is 0.581. The zero-order chi connectivity index (χ0) is 9.26. The van der Waals surface area contributed by atoms with Gasteiger partial charge in [-0.25, -0.2) is 4.39 Å². The molecule has 1 aromatic rings. The van der Waals surface area contributed by atoms with Crippen LogP contribution in [0.15, 0.2) is 12.3 Å². The fourth-order valence-corrected chi connectivity index (χ4v) is 1.56. The Hall–Kier alpha value is -0.920. The minimum absolute atomic E-state index is 0.108. The van der Waals surface area contributed by atoms with Crippen LogP contribution in [-0.4, -0.2) is 4.98 Å². The molecule has 2 rings (SSSR count). The van der Waals surface area contributed by atoms with Crippen molar-refractivity contribution in [2.45, 2.75) is 32.6 Å². The molecule has 1 fully saturated rings. The molecule has 13 heavy (non-hydrogen) atoms. The Morgan fingerprint density at radius 3 is 3.00 bits per heavy atom. The van der Waals surface area contributed by atoms with E-state index in [1.807, 2.05) is 0 Å². The largest absolute Gasteiger partial charge is 0.259 e. The van der Waals surface area contributed by atoms with Gasteiger partial charge < -0.3 is 0 Å². The van der Waals surface area contributed by atoms with E-state index in [9.17, 15) is 4.39 Å². The molecule has 0 amide bonds. The molecule has 1 saturated carbocycles. The van der Waals surface area contributed by atoms with E-state index in [4.69, 9.17) is 0 Å². The summed E-state index contributed by atoms with van der Waals surface area (Å²) in [7, 11) is 0. The Morgan fingerprint density at radius 1 is 1.54 bits per heavy atom. The van der Waals surface area contributed by atoms with E-state index in [2.05, 4.69) is 4.98 Å². The molecule has 70 valence electrons. The summed E-state index contributed by atoms with van der Waals surface area (Å²) in [4.78, 5) is 3.91. The van der Waals surface area contributed by atoms with Crippen molar-refractivity contribution in [1.82, 2.24) is 4.98 Å². The van der Waals surface area contributed by atoms with Gasteiger partial charge in [-0.1, -0.05) is 12.8 Å². The fraction of sp³-hybridized carbons (Fsp3) is 0.545. The van der Waals surface area contributed by atoms with E-state index in [-0.39, 0.29) is 5.82 Å². The quantitative estimate of drug-likeness (QED) is 0.695. The number of aryl methyl sites for hydroxylation is 2. The minimum atomic E-state index is -0.108. The number of pyridine rings is 1. The summed E-state index contributed by atoms with van der Waals surface area (Å²) >= 11 is 0. The number of nitrogens with zero attached hydrogens (tertiary/aromatic N) is 1. The predicted molar refractivity (Wildman–Crippen MR) is 50.0 cm³/mol. The summed E-state index contributed by atoms with van der Waals surface area (Å²) in [6, 6.07) is 1.80. The van der Waals surface area contributed by atoms with Crippen molar-refractivity contribution in [1.29, 1.82) is 0 Å². The third-order valence-corrected chi connectivity index (χ3v) is 2.66. The van der Waals surface area contributed by atoms with Crippen molar-refractivity contribution in [3.05, 3.63) is 29.3 Å². The van der Waals surface area contributed by atoms with Crippen LogP contribution in [0.2, 0.25) is 0 Å². The molecule has 1 nitrogen and oxygen atoms in total. The molecule has 0 saturated heterocycles. The molecule has 0 radical (unpaired) electrons. The molecule has 1 aliphatic rings. The van der Waals surface area contributed by atoms with E-state index in [1.54, 1.807) is 19.2 Å². The Balaban J connectivity index is 2.05.